The first-order chi connectivity index (χ1) is 8.29. The molecule has 1 aromatic heterocycles. The summed E-state index contributed by atoms with van der Waals surface area (Å²) in [5, 5.41) is 8.18. The van der Waals surface area contributed by atoms with Gasteiger partial charge in [-0.25, -0.2) is 0 Å². The second-order valence-electron chi connectivity index (χ2n) is 4.17. The van der Waals surface area contributed by atoms with Crippen LogP contribution in [0, 0.1) is 0 Å². The summed E-state index contributed by atoms with van der Waals surface area (Å²) in [6.07, 6.45) is 1.84. The van der Waals surface area contributed by atoms with E-state index in [0.717, 1.165) is 19.4 Å². The van der Waals surface area contributed by atoms with Gasteiger partial charge in [-0.1, -0.05) is 6.07 Å². The molecular formula is C12H18N2O2S. The van der Waals surface area contributed by atoms with E-state index in [4.69, 9.17) is 4.74 Å². The van der Waals surface area contributed by atoms with Gasteiger partial charge in [0, 0.05) is 25.1 Å². The van der Waals surface area contributed by atoms with E-state index in [2.05, 4.69) is 22.1 Å². The first-order valence-electron chi connectivity index (χ1n) is 5.86. The number of amides is 1. The number of carbonyl (C=O) groups is 1. The highest BCUT2D eigenvalue weighted by atomic mass is 32.1. The maximum atomic E-state index is 11.8. The number of hydrogen-bond acceptors (Lipinski definition) is 4. The number of nitrogens with one attached hydrogen (secondary N) is 2. The average Bonchev–Trinajstić information content (AvgIpc) is 2.99. The van der Waals surface area contributed by atoms with Crippen molar-refractivity contribution in [3.8, 4) is 0 Å². The van der Waals surface area contributed by atoms with Gasteiger partial charge in [-0.05, 0) is 24.3 Å². The van der Waals surface area contributed by atoms with Gasteiger partial charge in [-0.3, -0.25) is 4.79 Å². The van der Waals surface area contributed by atoms with Crippen LogP contribution in [0.4, 0.5) is 0 Å². The van der Waals surface area contributed by atoms with E-state index in [0.29, 0.717) is 6.54 Å². The molecule has 2 unspecified atom stereocenters. The molecule has 2 N–H and O–H groups in total. The zero-order chi connectivity index (χ0) is 12.1. The number of hydrogen-bond donors (Lipinski definition) is 2. The lowest BCUT2D eigenvalue weighted by molar-refractivity contribution is -0.122. The molecule has 0 aromatic carbocycles. The van der Waals surface area contributed by atoms with Gasteiger partial charge in [0.15, 0.2) is 0 Å². The van der Waals surface area contributed by atoms with Crippen LogP contribution >= 0.6 is 11.3 Å². The number of methoxy groups -OCH3 is 1. The van der Waals surface area contributed by atoms with Crippen molar-refractivity contribution >= 4 is 17.2 Å². The predicted octanol–water partition coefficient (Wildman–Crippen LogP) is 0.784. The number of thiophene rings is 1. The molecule has 5 heteroatoms. The highest BCUT2D eigenvalue weighted by molar-refractivity contribution is 7.09. The minimum absolute atomic E-state index is 0.0844. The largest absolute Gasteiger partial charge is 0.380 e. The lowest BCUT2D eigenvalue weighted by Crippen LogP contribution is -2.41. The first kappa shape index (κ1) is 12.5. The van der Waals surface area contributed by atoms with Crippen molar-refractivity contribution in [3.63, 3.8) is 0 Å². The summed E-state index contributed by atoms with van der Waals surface area (Å²) >= 11 is 1.72. The van der Waals surface area contributed by atoms with Crippen LogP contribution in [-0.4, -0.2) is 38.3 Å². The van der Waals surface area contributed by atoms with Crippen molar-refractivity contribution < 1.29 is 9.53 Å². The van der Waals surface area contributed by atoms with E-state index in [1.165, 1.54) is 4.88 Å². The van der Waals surface area contributed by atoms with Crippen molar-refractivity contribution in [1.29, 1.82) is 0 Å². The maximum Gasteiger partial charge on any atom is 0.237 e. The molecular weight excluding hydrogens is 236 g/mol. The Hall–Kier alpha value is -0.910. The van der Waals surface area contributed by atoms with E-state index >= 15 is 0 Å². The minimum atomic E-state index is -0.0942. The lowest BCUT2D eigenvalue weighted by atomic mass is 10.2. The van der Waals surface area contributed by atoms with E-state index in [-0.39, 0.29) is 18.1 Å². The molecule has 1 saturated heterocycles. The van der Waals surface area contributed by atoms with Gasteiger partial charge in [0.2, 0.25) is 5.91 Å². The molecule has 1 aromatic rings. The molecule has 1 aliphatic rings. The van der Waals surface area contributed by atoms with E-state index in [1.54, 1.807) is 18.4 Å². The fourth-order valence-electron chi connectivity index (χ4n) is 1.97. The fraction of sp³-hybridized carbons (Fsp3) is 0.583. The van der Waals surface area contributed by atoms with Crippen LogP contribution in [0.3, 0.4) is 0 Å². The Morgan fingerprint density at radius 3 is 3.24 bits per heavy atom. The van der Waals surface area contributed by atoms with Crippen LogP contribution in [0.1, 0.15) is 11.3 Å². The summed E-state index contributed by atoms with van der Waals surface area (Å²) in [7, 11) is 1.68. The summed E-state index contributed by atoms with van der Waals surface area (Å²) in [6.45, 7) is 1.47. The molecule has 2 rings (SSSR count). The van der Waals surface area contributed by atoms with Crippen LogP contribution < -0.4 is 10.6 Å². The number of ether oxygens (including phenoxy) is 1. The molecule has 1 aliphatic heterocycles. The summed E-state index contributed by atoms with van der Waals surface area (Å²) in [5.74, 6) is 0.0844. The molecule has 4 nitrogen and oxygen atoms in total. The fourth-order valence-corrected chi connectivity index (χ4v) is 2.68. The minimum Gasteiger partial charge on any atom is -0.380 e. The third-order valence-corrected chi connectivity index (χ3v) is 3.93. The molecule has 2 atom stereocenters. The van der Waals surface area contributed by atoms with Crippen molar-refractivity contribution in [3.05, 3.63) is 22.4 Å². The molecule has 1 fully saturated rings. The summed E-state index contributed by atoms with van der Waals surface area (Å²) in [6, 6.07) is 4.03. The summed E-state index contributed by atoms with van der Waals surface area (Å²) in [5.41, 5.74) is 0. The van der Waals surface area contributed by atoms with Gasteiger partial charge < -0.3 is 15.4 Å². The smallest absolute Gasteiger partial charge is 0.237 e. The average molecular weight is 254 g/mol. The van der Waals surface area contributed by atoms with Gasteiger partial charge in [-0.15, -0.1) is 11.3 Å². The summed E-state index contributed by atoms with van der Waals surface area (Å²) < 4.78 is 5.21. The van der Waals surface area contributed by atoms with Gasteiger partial charge in [0.25, 0.3) is 0 Å². The Morgan fingerprint density at radius 1 is 1.71 bits per heavy atom. The van der Waals surface area contributed by atoms with Crippen LogP contribution in [-0.2, 0) is 16.0 Å². The molecule has 0 saturated carbocycles. The second-order valence-corrected chi connectivity index (χ2v) is 5.21. The topological polar surface area (TPSA) is 50.4 Å². The van der Waals surface area contributed by atoms with Gasteiger partial charge in [0.1, 0.15) is 0 Å². The van der Waals surface area contributed by atoms with Crippen LogP contribution in [0.15, 0.2) is 17.5 Å². The molecule has 0 aliphatic carbocycles. The third kappa shape index (κ3) is 3.52. The SMILES string of the molecule is COC1CNC(C(=O)NCCc2cccs2)C1. The van der Waals surface area contributed by atoms with Crippen molar-refractivity contribution in [2.45, 2.75) is 25.0 Å². The molecule has 0 radical (unpaired) electrons. The van der Waals surface area contributed by atoms with Crippen molar-refractivity contribution in [2.75, 3.05) is 20.2 Å². The van der Waals surface area contributed by atoms with Crippen LogP contribution in [0.5, 0.6) is 0 Å². The molecule has 17 heavy (non-hydrogen) atoms. The van der Waals surface area contributed by atoms with Gasteiger partial charge >= 0.3 is 0 Å². The molecule has 0 spiro atoms. The second kappa shape index (κ2) is 6.14. The lowest BCUT2D eigenvalue weighted by Gasteiger charge is -2.10. The highest BCUT2D eigenvalue weighted by Gasteiger charge is 2.28. The molecule has 94 valence electrons. The third-order valence-electron chi connectivity index (χ3n) is 2.99. The zero-order valence-corrected chi connectivity index (χ0v) is 10.8. The van der Waals surface area contributed by atoms with E-state index < -0.39 is 0 Å². The van der Waals surface area contributed by atoms with E-state index in [1.807, 2.05) is 6.07 Å². The van der Waals surface area contributed by atoms with Gasteiger partial charge in [0.05, 0.1) is 12.1 Å². The first-order valence-corrected chi connectivity index (χ1v) is 6.74. The standard InChI is InChI=1S/C12H18N2O2S/c1-16-9-7-11(14-8-9)12(15)13-5-4-10-3-2-6-17-10/h2-3,6,9,11,14H,4-5,7-8H2,1H3,(H,13,15). The quantitative estimate of drug-likeness (QED) is 0.816. The highest BCUT2D eigenvalue weighted by Crippen LogP contribution is 2.10. The Kier molecular flexibility index (Phi) is 4.53. The van der Waals surface area contributed by atoms with Gasteiger partial charge in [-0.2, -0.15) is 0 Å². The Labute approximate surface area is 105 Å². The molecule has 1 amide bonds. The Balaban J connectivity index is 1.67. The zero-order valence-electron chi connectivity index (χ0n) is 9.94. The van der Waals surface area contributed by atoms with E-state index in [9.17, 15) is 4.79 Å². The molecule has 2 heterocycles. The van der Waals surface area contributed by atoms with Crippen LogP contribution in [0.25, 0.3) is 0 Å². The predicted molar refractivity (Wildman–Crippen MR) is 68.2 cm³/mol. The molecule has 0 bridgehead atoms. The monoisotopic (exact) mass is 254 g/mol. The Morgan fingerprint density at radius 2 is 2.59 bits per heavy atom. The number of rotatable bonds is 5. The Bertz CT molecular complexity index is 353. The summed E-state index contributed by atoms with van der Waals surface area (Å²) in [4.78, 5) is 13.1. The number of carbonyl (C=O) groups excluding carboxylic acids is 1. The van der Waals surface area contributed by atoms with Crippen molar-refractivity contribution in [2.24, 2.45) is 0 Å². The van der Waals surface area contributed by atoms with Crippen LogP contribution in [0.2, 0.25) is 0 Å². The normalized spacial score (nSPS) is 23.8. The maximum absolute atomic E-state index is 11.8. The van der Waals surface area contributed by atoms with Crippen molar-refractivity contribution in [1.82, 2.24) is 10.6 Å².